The van der Waals surface area contributed by atoms with Gasteiger partial charge in [-0.1, -0.05) is 180 Å². The molecule has 0 aliphatic rings. The van der Waals surface area contributed by atoms with Crippen molar-refractivity contribution in [2.75, 3.05) is 6.61 Å². The average molecular weight is 692 g/mol. The van der Waals surface area contributed by atoms with E-state index in [2.05, 4.69) is 44.3 Å². The van der Waals surface area contributed by atoms with Gasteiger partial charge in [-0.3, -0.25) is 9.59 Å². The molecule has 0 saturated heterocycles. The maximum absolute atomic E-state index is 13.0. The summed E-state index contributed by atoms with van der Waals surface area (Å²) in [6.45, 7) is 6.40. The molecule has 0 radical (unpaired) electrons. The fourth-order valence-corrected chi connectivity index (χ4v) is 6.31. The van der Waals surface area contributed by atoms with E-state index in [1.54, 1.807) is 0 Å². The van der Waals surface area contributed by atoms with Gasteiger partial charge in [0.25, 0.3) is 0 Å². The van der Waals surface area contributed by atoms with E-state index in [1.165, 1.54) is 109 Å². The molecule has 0 aliphatic carbocycles. The van der Waals surface area contributed by atoms with E-state index in [-0.39, 0.29) is 24.9 Å². The van der Waals surface area contributed by atoms with Crippen molar-refractivity contribution >= 4 is 11.9 Å². The Labute approximate surface area is 303 Å². The number of nitrogens with one attached hydrogen (secondary N) is 1. The molecule has 6 heteroatoms. The van der Waals surface area contributed by atoms with Crippen LogP contribution in [-0.4, -0.2) is 46.9 Å². The van der Waals surface area contributed by atoms with Crippen molar-refractivity contribution in [3.8, 4) is 0 Å². The number of aliphatic hydroxyl groups is 2. The lowest BCUT2D eigenvalue weighted by atomic mass is 10.0. The normalized spacial score (nSPS) is 13.7. The number of ether oxygens (including phenoxy) is 1. The summed E-state index contributed by atoms with van der Waals surface area (Å²) in [5.74, 6) is -0.556. The standard InChI is InChI=1S/C43H81NO5/c1-4-7-10-13-16-19-20-21-22-24-27-30-33-36-43(48)49-39(34-31-28-25-18-15-12-9-6-3)37-42(47)44-40(38-45)41(46)35-32-29-26-23-17-14-11-8-5-2/h21-22,27,30,39-41,45-46H,4-20,23-26,28-29,31-38H2,1-3H3,(H,44,47)/b22-21-,30-27+. The lowest BCUT2D eigenvalue weighted by Gasteiger charge is -2.24. The SMILES string of the molecule is CCCCCCCC/C=C\C/C=C/CCC(=O)OC(CCCCCCCCCC)CC(=O)NC(CO)C(O)CCCCCCCCCCC. The van der Waals surface area contributed by atoms with Gasteiger partial charge in [0.2, 0.25) is 5.91 Å². The molecule has 0 fully saturated rings. The minimum atomic E-state index is -0.788. The number of carbonyl (C=O) groups is 2. The van der Waals surface area contributed by atoms with E-state index >= 15 is 0 Å². The Bertz CT molecular complexity index is 782. The van der Waals surface area contributed by atoms with Crippen LogP contribution in [0.1, 0.15) is 213 Å². The molecule has 0 aliphatic heterocycles. The number of esters is 1. The minimum Gasteiger partial charge on any atom is -0.462 e. The molecule has 3 unspecified atom stereocenters. The van der Waals surface area contributed by atoms with Crippen LogP contribution in [0.5, 0.6) is 0 Å². The Hall–Kier alpha value is -1.66. The molecule has 6 nitrogen and oxygen atoms in total. The Balaban J connectivity index is 4.61. The molecule has 0 spiro atoms. The predicted octanol–water partition coefficient (Wildman–Crippen LogP) is 11.6. The first-order valence-corrected chi connectivity index (χ1v) is 21.1. The molecule has 49 heavy (non-hydrogen) atoms. The van der Waals surface area contributed by atoms with Gasteiger partial charge in [0, 0.05) is 6.42 Å². The summed E-state index contributed by atoms with van der Waals surface area (Å²) in [5, 5.41) is 23.4. The highest BCUT2D eigenvalue weighted by Crippen LogP contribution is 2.17. The van der Waals surface area contributed by atoms with Crippen molar-refractivity contribution in [2.24, 2.45) is 0 Å². The van der Waals surface area contributed by atoms with Crippen molar-refractivity contribution in [3.63, 3.8) is 0 Å². The summed E-state index contributed by atoms with van der Waals surface area (Å²) in [7, 11) is 0. The third-order valence-corrected chi connectivity index (χ3v) is 9.55. The van der Waals surface area contributed by atoms with Crippen LogP contribution in [0.2, 0.25) is 0 Å². The first-order valence-electron chi connectivity index (χ1n) is 21.1. The van der Waals surface area contributed by atoms with Crippen molar-refractivity contribution in [2.45, 2.75) is 232 Å². The summed E-state index contributed by atoms with van der Waals surface area (Å²) in [5.41, 5.74) is 0. The topological polar surface area (TPSA) is 95.9 Å². The summed E-state index contributed by atoms with van der Waals surface area (Å²) in [6, 6.07) is -0.703. The van der Waals surface area contributed by atoms with Crippen LogP contribution in [0.15, 0.2) is 24.3 Å². The zero-order valence-corrected chi connectivity index (χ0v) is 32.6. The zero-order valence-electron chi connectivity index (χ0n) is 32.6. The Morgan fingerprint density at radius 3 is 1.55 bits per heavy atom. The Kier molecular flexibility index (Phi) is 36.3. The van der Waals surface area contributed by atoms with Gasteiger partial charge in [-0.25, -0.2) is 0 Å². The molecule has 0 aromatic rings. The van der Waals surface area contributed by atoms with Crippen molar-refractivity contribution in [1.82, 2.24) is 5.32 Å². The van der Waals surface area contributed by atoms with E-state index in [1.807, 2.05) is 6.08 Å². The number of hydrogen-bond donors (Lipinski definition) is 3. The minimum absolute atomic E-state index is 0.0583. The molecule has 1 amide bonds. The van der Waals surface area contributed by atoms with E-state index in [4.69, 9.17) is 4.74 Å². The molecule has 0 heterocycles. The summed E-state index contributed by atoms with van der Waals surface area (Å²) < 4.78 is 5.82. The number of carbonyl (C=O) groups excluding carboxylic acids is 2. The first-order chi connectivity index (χ1) is 24.0. The van der Waals surface area contributed by atoms with Gasteiger partial charge in [-0.15, -0.1) is 0 Å². The van der Waals surface area contributed by atoms with E-state index in [9.17, 15) is 19.8 Å². The highest BCUT2D eigenvalue weighted by molar-refractivity contribution is 5.77. The highest BCUT2D eigenvalue weighted by Gasteiger charge is 2.23. The molecule has 0 saturated carbocycles. The van der Waals surface area contributed by atoms with Gasteiger partial charge in [-0.05, 0) is 44.9 Å². The van der Waals surface area contributed by atoms with Crippen molar-refractivity contribution in [3.05, 3.63) is 24.3 Å². The molecule has 3 N–H and O–H groups in total. The second-order valence-corrected chi connectivity index (χ2v) is 14.4. The monoisotopic (exact) mass is 692 g/mol. The van der Waals surface area contributed by atoms with Crippen LogP contribution in [0.25, 0.3) is 0 Å². The Morgan fingerprint density at radius 1 is 0.592 bits per heavy atom. The van der Waals surface area contributed by atoms with E-state index in [0.29, 0.717) is 25.7 Å². The van der Waals surface area contributed by atoms with Crippen LogP contribution in [0.3, 0.4) is 0 Å². The number of rotatable bonds is 37. The summed E-state index contributed by atoms with van der Waals surface area (Å²) >= 11 is 0. The maximum atomic E-state index is 13.0. The van der Waals surface area contributed by atoms with Crippen LogP contribution in [0.4, 0.5) is 0 Å². The van der Waals surface area contributed by atoms with Gasteiger partial charge in [0.15, 0.2) is 0 Å². The number of allylic oxidation sites excluding steroid dienone is 4. The molecule has 3 atom stereocenters. The largest absolute Gasteiger partial charge is 0.462 e. The number of hydrogen-bond acceptors (Lipinski definition) is 5. The van der Waals surface area contributed by atoms with Crippen molar-refractivity contribution < 1.29 is 24.5 Å². The van der Waals surface area contributed by atoms with Crippen LogP contribution >= 0.6 is 0 Å². The quantitative estimate of drug-likeness (QED) is 0.0342. The third kappa shape index (κ3) is 33.3. The molecule has 288 valence electrons. The van der Waals surface area contributed by atoms with Gasteiger partial charge in [-0.2, -0.15) is 0 Å². The van der Waals surface area contributed by atoms with Gasteiger partial charge >= 0.3 is 5.97 Å². The lowest BCUT2D eigenvalue weighted by Crippen LogP contribution is -2.46. The first kappa shape index (κ1) is 47.3. The summed E-state index contributed by atoms with van der Waals surface area (Å²) in [4.78, 5) is 25.7. The second-order valence-electron chi connectivity index (χ2n) is 14.4. The van der Waals surface area contributed by atoms with E-state index < -0.39 is 18.2 Å². The molecule has 0 aromatic heterocycles. The van der Waals surface area contributed by atoms with Gasteiger partial charge in [0.1, 0.15) is 6.10 Å². The second kappa shape index (κ2) is 37.6. The molecular formula is C43H81NO5. The molecule has 0 rings (SSSR count). The lowest BCUT2D eigenvalue weighted by molar-refractivity contribution is -0.150. The van der Waals surface area contributed by atoms with Crippen molar-refractivity contribution in [1.29, 1.82) is 0 Å². The third-order valence-electron chi connectivity index (χ3n) is 9.55. The van der Waals surface area contributed by atoms with Crippen LogP contribution < -0.4 is 5.32 Å². The van der Waals surface area contributed by atoms with Crippen LogP contribution in [0, 0.1) is 0 Å². The predicted molar refractivity (Wildman–Crippen MR) is 209 cm³/mol. The zero-order chi connectivity index (χ0) is 36.0. The smallest absolute Gasteiger partial charge is 0.306 e. The molecule has 0 bridgehead atoms. The number of aliphatic hydroxyl groups excluding tert-OH is 2. The number of amides is 1. The van der Waals surface area contributed by atoms with Crippen LogP contribution in [-0.2, 0) is 14.3 Å². The average Bonchev–Trinajstić information content (AvgIpc) is 3.09. The molecule has 0 aromatic carbocycles. The number of unbranched alkanes of at least 4 members (excludes halogenated alkanes) is 21. The fraction of sp³-hybridized carbons (Fsp3) is 0.860. The van der Waals surface area contributed by atoms with Gasteiger partial charge in [0.05, 0.1) is 25.2 Å². The summed E-state index contributed by atoms with van der Waals surface area (Å²) in [6.07, 6.45) is 39.7. The molecular weight excluding hydrogens is 610 g/mol. The van der Waals surface area contributed by atoms with E-state index in [0.717, 1.165) is 51.4 Å². The van der Waals surface area contributed by atoms with Gasteiger partial charge < -0.3 is 20.3 Å². The maximum Gasteiger partial charge on any atom is 0.306 e. The fourth-order valence-electron chi connectivity index (χ4n) is 6.31. The Morgan fingerprint density at radius 2 is 1.04 bits per heavy atom. The highest BCUT2D eigenvalue weighted by atomic mass is 16.5.